The molecule has 0 bridgehead atoms. The van der Waals surface area contributed by atoms with Gasteiger partial charge in [-0.3, -0.25) is 0 Å². The van der Waals surface area contributed by atoms with Gasteiger partial charge in [0.1, 0.15) is 6.61 Å². The van der Waals surface area contributed by atoms with Crippen LogP contribution in [0.2, 0.25) is 0 Å². The predicted molar refractivity (Wildman–Crippen MR) is 68.9 cm³/mol. The second-order valence-corrected chi connectivity index (χ2v) is 4.77. The van der Waals surface area contributed by atoms with Gasteiger partial charge in [-0.1, -0.05) is 22.0 Å². The molecule has 18 heavy (non-hydrogen) atoms. The summed E-state index contributed by atoms with van der Waals surface area (Å²) < 4.78 is 40.8. The lowest BCUT2D eigenvalue weighted by Gasteiger charge is -2.09. The Bertz CT molecular complexity index is 382. The van der Waals surface area contributed by atoms with Crippen LogP contribution < -0.4 is 5.32 Å². The number of rotatable bonds is 6. The molecule has 0 saturated heterocycles. The molecular formula is C12H15BrF3NO. The third-order valence-corrected chi connectivity index (χ3v) is 3.09. The molecule has 0 aromatic heterocycles. The van der Waals surface area contributed by atoms with Crippen molar-refractivity contribution < 1.29 is 17.9 Å². The van der Waals surface area contributed by atoms with Crippen molar-refractivity contribution in [2.75, 3.05) is 25.1 Å². The Morgan fingerprint density at radius 2 is 2.06 bits per heavy atom. The normalized spacial score (nSPS) is 11.6. The van der Waals surface area contributed by atoms with Crippen molar-refractivity contribution in [2.24, 2.45) is 0 Å². The average molecular weight is 326 g/mol. The number of anilines is 1. The third-order valence-electron chi connectivity index (χ3n) is 2.23. The molecule has 1 N–H and O–H groups in total. The van der Waals surface area contributed by atoms with E-state index in [2.05, 4.69) is 26.0 Å². The first-order chi connectivity index (χ1) is 8.38. The van der Waals surface area contributed by atoms with Gasteiger partial charge in [-0.05, 0) is 31.0 Å². The standard InChI is InChI=1S/C12H15BrF3NO/c1-9-3-4-10(7-11(9)13)17-5-2-6-18-8-12(14,15)16/h3-4,7,17H,2,5-6,8H2,1H3. The highest BCUT2D eigenvalue weighted by molar-refractivity contribution is 9.10. The van der Waals surface area contributed by atoms with E-state index < -0.39 is 12.8 Å². The lowest BCUT2D eigenvalue weighted by molar-refractivity contribution is -0.173. The topological polar surface area (TPSA) is 21.3 Å². The van der Waals surface area contributed by atoms with Crippen molar-refractivity contribution in [2.45, 2.75) is 19.5 Å². The van der Waals surface area contributed by atoms with Crippen LogP contribution in [0, 0.1) is 6.92 Å². The fraction of sp³-hybridized carbons (Fsp3) is 0.500. The van der Waals surface area contributed by atoms with E-state index in [4.69, 9.17) is 0 Å². The Morgan fingerprint density at radius 1 is 1.33 bits per heavy atom. The Kier molecular flexibility index (Phi) is 5.95. The van der Waals surface area contributed by atoms with Gasteiger partial charge in [0.25, 0.3) is 0 Å². The van der Waals surface area contributed by atoms with Gasteiger partial charge < -0.3 is 10.1 Å². The number of hydrogen-bond acceptors (Lipinski definition) is 2. The van der Waals surface area contributed by atoms with Crippen molar-refractivity contribution in [1.29, 1.82) is 0 Å². The van der Waals surface area contributed by atoms with Gasteiger partial charge in [-0.15, -0.1) is 0 Å². The van der Waals surface area contributed by atoms with Crippen molar-refractivity contribution >= 4 is 21.6 Å². The molecule has 0 spiro atoms. The van der Waals surface area contributed by atoms with E-state index in [-0.39, 0.29) is 6.61 Å². The molecule has 0 aliphatic heterocycles. The summed E-state index contributed by atoms with van der Waals surface area (Å²) in [7, 11) is 0. The molecule has 0 amide bonds. The van der Waals surface area contributed by atoms with Crippen LogP contribution in [-0.2, 0) is 4.74 Å². The first-order valence-electron chi connectivity index (χ1n) is 5.53. The van der Waals surface area contributed by atoms with Gasteiger partial charge >= 0.3 is 6.18 Å². The zero-order valence-corrected chi connectivity index (χ0v) is 11.6. The molecule has 1 aromatic carbocycles. The highest BCUT2D eigenvalue weighted by Crippen LogP contribution is 2.20. The fourth-order valence-corrected chi connectivity index (χ4v) is 1.68. The van der Waals surface area contributed by atoms with E-state index >= 15 is 0 Å². The zero-order chi connectivity index (χ0) is 13.6. The largest absolute Gasteiger partial charge is 0.411 e. The highest BCUT2D eigenvalue weighted by atomic mass is 79.9. The molecule has 0 aliphatic rings. The molecule has 0 saturated carbocycles. The van der Waals surface area contributed by atoms with E-state index in [1.165, 1.54) is 0 Å². The van der Waals surface area contributed by atoms with Gasteiger partial charge in [0.2, 0.25) is 0 Å². The van der Waals surface area contributed by atoms with Gasteiger partial charge in [0, 0.05) is 23.3 Å². The predicted octanol–water partition coefficient (Wildman–Crippen LogP) is 4.14. The van der Waals surface area contributed by atoms with Crippen molar-refractivity contribution in [3.05, 3.63) is 28.2 Å². The Labute approximate surface area is 113 Å². The molecule has 6 heteroatoms. The van der Waals surface area contributed by atoms with E-state index in [9.17, 15) is 13.2 Å². The van der Waals surface area contributed by atoms with Crippen molar-refractivity contribution in [1.82, 2.24) is 0 Å². The molecule has 0 fully saturated rings. The lowest BCUT2D eigenvalue weighted by atomic mass is 10.2. The first-order valence-corrected chi connectivity index (χ1v) is 6.32. The van der Waals surface area contributed by atoms with Crippen LogP contribution in [0.4, 0.5) is 18.9 Å². The minimum absolute atomic E-state index is 0.0968. The molecule has 0 heterocycles. The molecule has 0 aliphatic carbocycles. The molecule has 0 atom stereocenters. The molecule has 0 unspecified atom stereocenters. The van der Waals surface area contributed by atoms with Gasteiger partial charge in [0.05, 0.1) is 0 Å². The Balaban J connectivity index is 2.16. The SMILES string of the molecule is Cc1ccc(NCCCOCC(F)(F)F)cc1Br. The van der Waals surface area contributed by atoms with Crippen molar-refractivity contribution in [3.8, 4) is 0 Å². The van der Waals surface area contributed by atoms with E-state index in [0.717, 1.165) is 15.7 Å². The number of hydrogen-bond donors (Lipinski definition) is 1. The summed E-state index contributed by atoms with van der Waals surface area (Å²) >= 11 is 3.41. The summed E-state index contributed by atoms with van der Waals surface area (Å²) in [5.41, 5.74) is 2.07. The maximum atomic E-state index is 11.8. The van der Waals surface area contributed by atoms with Crippen LogP contribution in [0.1, 0.15) is 12.0 Å². The fourth-order valence-electron chi connectivity index (χ4n) is 1.30. The molecule has 0 radical (unpaired) electrons. The van der Waals surface area contributed by atoms with Gasteiger partial charge in [0.15, 0.2) is 0 Å². The average Bonchev–Trinajstić information content (AvgIpc) is 2.26. The van der Waals surface area contributed by atoms with Crippen LogP contribution >= 0.6 is 15.9 Å². The van der Waals surface area contributed by atoms with Crippen LogP contribution in [-0.4, -0.2) is 25.9 Å². The molecule has 2 nitrogen and oxygen atoms in total. The summed E-state index contributed by atoms with van der Waals surface area (Å²) in [5, 5.41) is 3.12. The number of benzene rings is 1. The minimum atomic E-state index is -4.24. The second kappa shape index (κ2) is 6.99. The molecule has 102 valence electrons. The van der Waals surface area contributed by atoms with Crippen LogP contribution in [0.5, 0.6) is 0 Å². The Hall–Kier alpha value is -0.750. The summed E-state index contributed by atoms with van der Waals surface area (Å²) in [6, 6.07) is 5.83. The third kappa shape index (κ3) is 6.26. The summed E-state index contributed by atoms with van der Waals surface area (Å²) in [4.78, 5) is 0. The molecule has 1 rings (SSSR count). The van der Waals surface area contributed by atoms with Gasteiger partial charge in [-0.25, -0.2) is 0 Å². The Morgan fingerprint density at radius 3 is 2.67 bits per heavy atom. The lowest BCUT2D eigenvalue weighted by Crippen LogP contribution is -2.18. The van der Waals surface area contributed by atoms with Crippen LogP contribution in [0.3, 0.4) is 0 Å². The van der Waals surface area contributed by atoms with Crippen molar-refractivity contribution in [3.63, 3.8) is 0 Å². The zero-order valence-electron chi connectivity index (χ0n) is 9.98. The number of alkyl halides is 3. The van der Waals surface area contributed by atoms with E-state index in [1.807, 2.05) is 25.1 Å². The molecular weight excluding hydrogens is 311 g/mol. The molecule has 1 aromatic rings. The monoisotopic (exact) mass is 325 g/mol. The maximum absolute atomic E-state index is 11.8. The highest BCUT2D eigenvalue weighted by Gasteiger charge is 2.27. The van der Waals surface area contributed by atoms with E-state index in [0.29, 0.717) is 13.0 Å². The smallest absolute Gasteiger partial charge is 0.385 e. The number of nitrogens with one attached hydrogen (secondary N) is 1. The second-order valence-electron chi connectivity index (χ2n) is 3.91. The van der Waals surface area contributed by atoms with E-state index in [1.54, 1.807) is 0 Å². The van der Waals surface area contributed by atoms with Crippen LogP contribution in [0.25, 0.3) is 0 Å². The maximum Gasteiger partial charge on any atom is 0.411 e. The minimum Gasteiger partial charge on any atom is -0.385 e. The quantitative estimate of drug-likeness (QED) is 0.794. The number of halogens is 4. The summed E-state index contributed by atoms with van der Waals surface area (Å²) in [6.45, 7) is 1.48. The first kappa shape index (κ1) is 15.3. The summed E-state index contributed by atoms with van der Waals surface area (Å²) in [6.07, 6.45) is -3.71. The number of ether oxygens (including phenoxy) is 1. The summed E-state index contributed by atoms with van der Waals surface area (Å²) in [5.74, 6) is 0. The number of aryl methyl sites for hydroxylation is 1. The van der Waals surface area contributed by atoms with Crippen LogP contribution in [0.15, 0.2) is 22.7 Å². The van der Waals surface area contributed by atoms with Gasteiger partial charge in [-0.2, -0.15) is 13.2 Å².